The van der Waals surface area contributed by atoms with Crippen LogP contribution >= 0.6 is 0 Å². The summed E-state index contributed by atoms with van der Waals surface area (Å²) >= 11 is 0. The lowest BCUT2D eigenvalue weighted by Crippen LogP contribution is -2.52. The third-order valence-electron chi connectivity index (χ3n) is 4.25. The van der Waals surface area contributed by atoms with Gasteiger partial charge in [0.2, 0.25) is 0 Å². The standard InChI is InChI=1S/C17H33NO3/c1-4-6-7-8-9-12-17(3,16(19)20-5-2)18-14-15-11-10-13-21-15/h15,18H,4-14H2,1-3H3. The lowest BCUT2D eigenvalue weighted by atomic mass is 9.93. The van der Waals surface area contributed by atoms with Crippen molar-refractivity contribution in [2.24, 2.45) is 0 Å². The zero-order valence-electron chi connectivity index (χ0n) is 14.1. The molecule has 0 bridgehead atoms. The third kappa shape index (κ3) is 6.79. The van der Waals surface area contributed by atoms with E-state index in [2.05, 4.69) is 12.2 Å². The Morgan fingerprint density at radius 2 is 2.05 bits per heavy atom. The number of nitrogens with one attached hydrogen (secondary N) is 1. The van der Waals surface area contributed by atoms with Crippen LogP contribution in [0, 0.1) is 0 Å². The smallest absolute Gasteiger partial charge is 0.326 e. The van der Waals surface area contributed by atoms with Crippen molar-refractivity contribution in [1.29, 1.82) is 0 Å². The molecular weight excluding hydrogens is 266 g/mol. The van der Waals surface area contributed by atoms with Crippen molar-refractivity contribution < 1.29 is 14.3 Å². The summed E-state index contributed by atoms with van der Waals surface area (Å²) in [4.78, 5) is 12.3. The van der Waals surface area contributed by atoms with Crippen LogP contribution in [-0.2, 0) is 14.3 Å². The molecule has 0 saturated carbocycles. The SMILES string of the molecule is CCCCCCCC(C)(NCC1CCCO1)C(=O)OCC. The topological polar surface area (TPSA) is 47.6 Å². The molecule has 1 aliphatic rings. The second-order valence-corrected chi connectivity index (χ2v) is 6.23. The highest BCUT2D eigenvalue weighted by molar-refractivity contribution is 5.80. The highest BCUT2D eigenvalue weighted by Crippen LogP contribution is 2.19. The molecule has 1 rings (SSSR count). The van der Waals surface area contributed by atoms with Gasteiger partial charge in [-0.2, -0.15) is 0 Å². The Kier molecular flexibility index (Phi) is 8.93. The number of ether oxygens (including phenoxy) is 2. The molecule has 2 atom stereocenters. The summed E-state index contributed by atoms with van der Waals surface area (Å²) in [5, 5.41) is 3.41. The van der Waals surface area contributed by atoms with Crippen LogP contribution in [0.15, 0.2) is 0 Å². The Hall–Kier alpha value is -0.610. The highest BCUT2D eigenvalue weighted by Gasteiger charge is 2.34. The van der Waals surface area contributed by atoms with Gasteiger partial charge < -0.3 is 9.47 Å². The minimum Gasteiger partial charge on any atom is -0.465 e. The summed E-state index contributed by atoms with van der Waals surface area (Å²) in [6, 6.07) is 0. The first-order valence-corrected chi connectivity index (χ1v) is 8.66. The average molecular weight is 299 g/mol. The summed E-state index contributed by atoms with van der Waals surface area (Å²) in [5.41, 5.74) is -0.575. The van der Waals surface area contributed by atoms with E-state index in [0.29, 0.717) is 6.61 Å². The molecule has 0 aliphatic carbocycles. The second-order valence-electron chi connectivity index (χ2n) is 6.23. The molecule has 4 heteroatoms. The number of esters is 1. The van der Waals surface area contributed by atoms with Crippen molar-refractivity contribution >= 4 is 5.97 Å². The van der Waals surface area contributed by atoms with E-state index >= 15 is 0 Å². The quantitative estimate of drug-likeness (QED) is 0.469. The monoisotopic (exact) mass is 299 g/mol. The minimum absolute atomic E-state index is 0.126. The van der Waals surface area contributed by atoms with E-state index in [0.717, 1.165) is 38.8 Å². The van der Waals surface area contributed by atoms with Crippen LogP contribution in [0.3, 0.4) is 0 Å². The van der Waals surface area contributed by atoms with Crippen molar-refractivity contribution in [3.63, 3.8) is 0 Å². The molecule has 1 fully saturated rings. The van der Waals surface area contributed by atoms with Gasteiger partial charge in [0.1, 0.15) is 5.54 Å². The van der Waals surface area contributed by atoms with E-state index in [-0.39, 0.29) is 12.1 Å². The maximum Gasteiger partial charge on any atom is 0.326 e. The van der Waals surface area contributed by atoms with Crippen molar-refractivity contribution in [3.05, 3.63) is 0 Å². The van der Waals surface area contributed by atoms with Gasteiger partial charge in [0.25, 0.3) is 0 Å². The zero-order chi connectivity index (χ0) is 15.6. The first kappa shape index (κ1) is 18.4. The fourth-order valence-electron chi connectivity index (χ4n) is 2.78. The molecule has 0 amide bonds. The molecule has 0 radical (unpaired) electrons. The fourth-order valence-corrected chi connectivity index (χ4v) is 2.78. The average Bonchev–Trinajstić information content (AvgIpc) is 2.98. The molecule has 0 aromatic carbocycles. The number of carbonyl (C=O) groups is 1. The van der Waals surface area contributed by atoms with E-state index in [1.54, 1.807) is 0 Å². The largest absolute Gasteiger partial charge is 0.465 e. The summed E-state index contributed by atoms with van der Waals surface area (Å²) in [6.45, 7) is 8.07. The van der Waals surface area contributed by atoms with Gasteiger partial charge in [0, 0.05) is 13.2 Å². The summed E-state index contributed by atoms with van der Waals surface area (Å²) in [7, 11) is 0. The molecule has 124 valence electrons. The number of carbonyl (C=O) groups excluding carboxylic acids is 1. The van der Waals surface area contributed by atoms with Gasteiger partial charge in [-0.25, -0.2) is 0 Å². The lowest BCUT2D eigenvalue weighted by molar-refractivity contribution is -0.151. The minimum atomic E-state index is -0.575. The molecule has 0 aromatic heterocycles. The van der Waals surface area contributed by atoms with Crippen LogP contribution in [0.1, 0.15) is 72.1 Å². The highest BCUT2D eigenvalue weighted by atomic mass is 16.5. The summed E-state index contributed by atoms with van der Waals surface area (Å²) in [6.07, 6.45) is 9.31. The Morgan fingerprint density at radius 3 is 2.67 bits per heavy atom. The van der Waals surface area contributed by atoms with E-state index in [4.69, 9.17) is 9.47 Å². The van der Waals surface area contributed by atoms with Crippen LogP contribution in [0.25, 0.3) is 0 Å². The van der Waals surface area contributed by atoms with Crippen LogP contribution < -0.4 is 5.32 Å². The number of rotatable bonds is 11. The molecule has 4 nitrogen and oxygen atoms in total. The van der Waals surface area contributed by atoms with Gasteiger partial charge in [-0.15, -0.1) is 0 Å². The van der Waals surface area contributed by atoms with Gasteiger partial charge >= 0.3 is 5.97 Å². The second kappa shape index (κ2) is 10.2. The number of hydrogen-bond acceptors (Lipinski definition) is 4. The lowest BCUT2D eigenvalue weighted by Gasteiger charge is -2.30. The van der Waals surface area contributed by atoms with Crippen molar-refractivity contribution in [1.82, 2.24) is 5.32 Å². The van der Waals surface area contributed by atoms with E-state index in [1.807, 2.05) is 13.8 Å². The predicted octanol–water partition coefficient (Wildman–Crippen LogP) is 3.44. The van der Waals surface area contributed by atoms with Crippen LogP contribution in [0.5, 0.6) is 0 Å². The number of hydrogen-bond donors (Lipinski definition) is 1. The third-order valence-corrected chi connectivity index (χ3v) is 4.25. The molecule has 1 heterocycles. The maximum absolute atomic E-state index is 12.3. The maximum atomic E-state index is 12.3. The molecule has 2 unspecified atom stereocenters. The van der Waals surface area contributed by atoms with Crippen molar-refractivity contribution in [2.75, 3.05) is 19.8 Å². The molecule has 21 heavy (non-hydrogen) atoms. The van der Waals surface area contributed by atoms with E-state index < -0.39 is 5.54 Å². The van der Waals surface area contributed by atoms with Gasteiger partial charge in [0.05, 0.1) is 12.7 Å². The van der Waals surface area contributed by atoms with Gasteiger partial charge in [0.15, 0.2) is 0 Å². The molecule has 1 saturated heterocycles. The molecule has 0 spiro atoms. The summed E-state index contributed by atoms with van der Waals surface area (Å²) < 4.78 is 10.9. The molecule has 0 aromatic rings. The zero-order valence-corrected chi connectivity index (χ0v) is 14.1. The van der Waals surface area contributed by atoms with Crippen molar-refractivity contribution in [3.8, 4) is 0 Å². The van der Waals surface area contributed by atoms with Crippen LogP contribution in [0.4, 0.5) is 0 Å². The predicted molar refractivity (Wildman–Crippen MR) is 85.4 cm³/mol. The summed E-state index contributed by atoms with van der Waals surface area (Å²) in [5.74, 6) is -0.126. The Balaban J connectivity index is 2.41. The van der Waals surface area contributed by atoms with Gasteiger partial charge in [-0.1, -0.05) is 39.0 Å². The Labute approximate surface area is 130 Å². The van der Waals surface area contributed by atoms with E-state index in [1.165, 1.54) is 25.7 Å². The first-order valence-electron chi connectivity index (χ1n) is 8.66. The van der Waals surface area contributed by atoms with Gasteiger partial charge in [-0.05, 0) is 33.1 Å². The van der Waals surface area contributed by atoms with Gasteiger partial charge in [-0.3, -0.25) is 10.1 Å². The van der Waals surface area contributed by atoms with Crippen LogP contribution in [0.2, 0.25) is 0 Å². The van der Waals surface area contributed by atoms with E-state index in [9.17, 15) is 4.79 Å². The Morgan fingerprint density at radius 1 is 1.29 bits per heavy atom. The molecule has 1 N–H and O–H groups in total. The van der Waals surface area contributed by atoms with Crippen molar-refractivity contribution in [2.45, 2.75) is 83.8 Å². The fraction of sp³-hybridized carbons (Fsp3) is 0.941. The van der Waals surface area contributed by atoms with Crippen LogP contribution in [-0.4, -0.2) is 37.4 Å². The molecule has 1 aliphatic heterocycles. The number of unbranched alkanes of at least 4 members (excludes halogenated alkanes) is 4. The normalized spacial score (nSPS) is 21.2. The Bertz CT molecular complexity index is 290. The molecular formula is C17H33NO3. The first-order chi connectivity index (χ1) is 10.1.